The van der Waals surface area contributed by atoms with Gasteiger partial charge in [0.2, 0.25) is 0 Å². The van der Waals surface area contributed by atoms with Crippen molar-refractivity contribution in [2.24, 2.45) is 28.1 Å². The number of hydrogen-bond donors (Lipinski definition) is 2. The average molecular weight is 567 g/mol. The minimum atomic E-state index is -2.19. The Kier molecular flexibility index (Phi) is 6.89. The topological polar surface area (TPSA) is 147 Å². The third-order valence-corrected chi connectivity index (χ3v) is 11.4. The van der Waals surface area contributed by atoms with Crippen LogP contribution in [0.5, 0.6) is 0 Å². The highest BCUT2D eigenvalue weighted by Gasteiger charge is 2.78. The van der Waals surface area contributed by atoms with Gasteiger partial charge in [0.05, 0.1) is 19.6 Å². The zero-order valence-corrected chi connectivity index (χ0v) is 24.4. The summed E-state index contributed by atoms with van der Waals surface area (Å²) in [6.45, 7) is 12.1. The number of methoxy groups -OCH3 is 3. The van der Waals surface area contributed by atoms with E-state index in [0.717, 1.165) is 0 Å². The lowest BCUT2D eigenvalue weighted by molar-refractivity contribution is -0.330. The molecule has 1 unspecified atom stereocenters. The molecule has 224 valence electrons. The summed E-state index contributed by atoms with van der Waals surface area (Å²) in [5, 5.41) is 23.2. The molecule has 5 rings (SSSR count). The molecular formula is C29H42O11. The van der Waals surface area contributed by atoms with Crippen molar-refractivity contribution in [1.29, 1.82) is 0 Å². The molecule has 0 aromatic carbocycles. The van der Waals surface area contributed by atoms with Gasteiger partial charge in [-0.25, -0.2) is 0 Å². The minimum absolute atomic E-state index is 0.0388. The smallest absolute Gasteiger partial charge is 0.309 e. The largest absolute Gasteiger partial charge is 0.469 e. The normalized spacial score (nSPS) is 49.6. The van der Waals surface area contributed by atoms with E-state index in [1.807, 2.05) is 20.8 Å². The monoisotopic (exact) mass is 566 g/mol. The Morgan fingerprint density at radius 2 is 1.80 bits per heavy atom. The SMILES string of the molecule is C=C1C2CC[C@@]3(C)[C@H]([C@@]4(O)[C@H](OC)O[C@@H](OC)[C@@H]4O)OC(=O)C[C@]13O[C@H]1CC(=O)C(C)(C)[C@H](CC(=O)OC)[C@@]21C. The number of esters is 2. The molecule has 0 aromatic rings. The number of cyclic esters (lactones) is 1. The van der Waals surface area contributed by atoms with E-state index in [-0.39, 0.29) is 31.0 Å². The van der Waals surface area contributed by atoms with E-state index in [2.05, 4.69) is 13.5 Å². The average Bonchev–Trinajstić information content (AvgIpc) is 3.15. The van der Waals surface area contributed by atoms with E-state index < -0.39 is 76.2 Å². The fraction of sp³-hybridized carbons (Fsp3) is 0.828. The molecule has 2 N–H and O–H groups in total. The van der Waals surface area contributed by atoms with Gasteiger partial charge >= 0.3 is 11.9 Å². The highest BCUT2D eigenvalue weighted by atomic mass is 16.8. The van der Waals surface area contributed by atoms with Crippen molar-refractivity contribution in [3.63, 3.8) is 0 Å². The van der Waals surface area contributed by atoms with Crippen molar-refractivity contribution < 1.29 is 53.0 Å². The molecule has 0 aromatic heterocycles. The first-order valence-corrected chi connectivity index (χ1v) is 13.9. The van der Waals surface area contributed by atoms with Gasteiger partial charge in [-0.1, -0.05) is 34.3 Å². The number of ether oxygens (including phenoxy) is 6. The highest BCUT2D eigenvalue weighted by molar-refractivity contribution is 5.87. The number of carbonyl (C=O) groups excluding carboxylic acids is 3. The molecule has 3 aliphatic heterocycles. The zero-order valence-electron chi connectivity index (χ0n) is 24.4. The molecule has 5 fully saturated rings. The van der Waals surface area contributed by atoms with Gasteiger partial charge in [-0.2, -0.15) is 0 Å². The van der Waals surface area contributed by atoms with Crippen LogP contribution in [0.1, 0.15) is 59.8 Å². The Hall–Kier alpha value is -1.89. The summed E-state index contributed by atoms with van der Waals surface area (Å²) in [7, 11) is 3.98. The van der Waals surface area contributed by atoms with Crippen LogP contribution in [0.25, 0.3) is 0 Å². The first-order chi connectivity index (χ1) is 18.6. The summed E-state index contributed by atoms with van der Waals surface area (Å²) in [4.78, 5) is 39.5. The quantitative estimate of drug-likeness (QED) is 0.370. The van der Waals surface area contributed by atoms with Gasteiger partial charge in [-0.3, -0.25) is 14.4 Å². The Labute approximate surface area is 234 Å². The van der Waals surface area contributed by atoms with E-state index in [1.54, 1.807) is 0 Å². The summed E-state index contributed by atoms with van der Waals surface area (Å²) in [5.74, 6) is -1.68. The van der Waals surface area contributed by atoms with Crippen molar-refractivity contribution in [2.45, 2.75) is 102 Å². The summed E-state index contributed by atoms with van der Waals surface area (Å²) in [6, 6.07) is 0. The van der Waals surface area contributed by atoms with Gasteiger partial charge in [-0.05, 0) is 30.3 Å². The number of carbonyl (C=O) groups is 3. The van der Waals surface area contributed by atoms with E-state index >= 15 is 0 Å². The van der Waals surface area contributed by atoms with Gasteiger partial charge in [0, 0.05) is 43.3 Å². The van der Waals surface area contributed by atoms with Crippen molar-refractivity contribution in [3.05, 3.63) is 12.2 Å². The van der Waals surface area contributed by atoms with Crippen LogP contribution in [0.2, 0.25) is 0 Å². The summed E-state index contributed by atoms with van der Waals surface area (Å²) < 4.78 is 34.1. The zero-order chi connectivity index (χ0) is 29.6. The fourth-order valence-corrected chi connectivity index (χ4v) is 9.00. The molecule has 2 saturated carbocycles. The van der Waals surface area contributed by atoms with Crippen molar-refractivity contribution in [2.75, 3.05) is 21.3 Å². The number of fused-ring (bicyclic) bond motifs is 3. The predicted molar refractivity (Wildman–Crippen MR) is 137 cm³/mol. The first kappa shape index (κ1) is 29.6. The van der Waals surface area contributed by atoms with Gasteiger partial charge in [0.1, 0.15) is 23.6 Å². The van der Waals surface area contributed by atoms with Crippen LogP contribution in [0, 0.1) is 28.1 Å². The van der Waals surface area contributed by atoms with Crippen LogP contribution < -0.4 is 0 Å². The van der Waals surface area contributed by atoms with Crippen molar-refractivity contribution in [3.8, 4) is 0 Å². The molecule has 1 spiro atoms. The van der Waals surface area contributed by atoms with Crippen LogP contribution in [0.3, 0.4) is 0 Å². The number of ketones is 1. The maximum Gasteiger partial charge on any atom is 0.309 e. The number of aliphatic hydroxyl groups excluding tert-OH is 1. The molecule has 11 heteroatoms. The Balaban J connectivity index is 1.63. The lowest BCUT2D eigenvalue weighted by Gasteiger charge is -2.71. The van der Waals surface area contributed by atoms with E-state index in [9.17, 15) is 24.6 Å². The van der Waals surface area contributed by atoms with Crippen LogP contribution in [0.4, 0.5) is 0 Å². The maximum absolute atomic E-state index is 13.5. The Morgan fingerprint density at radius 3 is 2.40 bits per heavy atom. The number of hydrogen-bond acceptors (Lipinski definition) is 11. The predicted octanol–water partition coefficient (Wildman–Crippen LogP) is 1.66. The third-order valence-electron chi connectivity index (χ3n) is 11.4. The molecule has 0 amide bonds. The van der Waals surface area contributed by atoms with E-state index in [1.165, 1.54) is 21.3 Å². The van der Waals surface area contributed by atoms with Crippen LogP contribution in [-0.4, -0.2) is 91.4 Å². The van der Waals surface area contributed by atoms with Crippen LogP contribution in [-0.2, 0) is 42.8 Å². The molecule has 11 atom stereocenters. The molecular weight excluding hydrogens is 524 g/mol. The molecule has 3 heterocycles. The van der Waals surface area contributed by atoms with Crippen LogP contribution >= 0.6 is 0 Å². The second-order valence-electron chi connectivity index (χ2n) is 13.2. The molecule has 2 bridgehead atoms. The lowest BCUT2D eigenvalue weighted by Crippen LogP contribution is -2.77. The van der Waals surface area contributed by atoms with Crippen LogP contribution in [0.15, 0.2) is 12.2 Å². The minimum Gasteiger partial charge on any atom is -0.469 e. The van der Waals surface area contributed by atoms with Gasteiger partial charge in [0.15, 0.2) is 18.2 Å². The summed E-state index contributed by atoms with van der Waals surface area (Å²) in [6.07, 6.45) is -5.15. The number of aliphatic hydroxyl groups is 2. The fourth-order valence-electron chi connectivity index (χ4n) is 9.00. The molecule has 0 radical (unpaired) electrons. The number of Topliss-reactive ketones (excluding diaryl/α,β-unsaturated/α-hetero) is 1. The maximum atomic E-state index is 13.5. The van der Waals surface area contributed by atoms with Crippen molar-refractivity contribution in [1.82, 2.24) is 0 Å². The third kappa shape index (κ3) is 3.48. The molecule has 3 saturated heterocycles. The standard InChI is InChI=1S/C29H42O11/c1-14-15-9-10-26(4)23(29(34)21(33)22(36-7)39-24(29)37-8)38-20(32)13-28(14,26)40-18-12-17(30)25(2,3)16(27(15,18)5)11-19(31)35-6/h15-16,18,21-24,33-34H,1,9-13H2,2-8H3/t15?,16-,18-,21-,22+,23+,24+,26-,27+,28-,29+/m0/s1. The highest BCUT2D eigenvalue weighted by Crippen LogP contribution is 2.71. The molecule has 2 aliphatic carbocycles. The van der Waals surface area contributed by atoms with Gasteiger partial charge < -0.3 is 38.6 Å². The Morgan fingerprint density at radius 1 is 1.12 bits per heavy atom. The first-order valence-electron chi connectivity index (χ1n) is 13.9. The van der Waals surface area contributed by atoms with Gasteiger partial charge in [0.25, 0.3) is 0 Å². The van der Waals surface area contributed by atoms with E-state index in [4.69, 9.17) is 28.4 Å². The number of rotatable bonds is 5. The van der Waals surface area contributed by atoms with Gasteiger partial charge in [-0.15, -0.1) is 0 Å². The summed E-state index contributed by atoms with van der Waals surface area (Å²) in [5.41, 5.74) is -5.39. The van der Waals surface area contributed by atoms with Crippen molar-refractivity contribution >= 4 is 17.7 Å². The van der Waals surface area contributed by atoms with E-state index in [0.29, 0.717) is 18.4 Å². The molecule has 40 heavy (non-hydrogen) atoms. The lowest BCUT2D eigenvalue weighted by atomic mass is 9.41. The molecule has 11 nitrogen and oxygen atoms in total. The summed E-state index contributed by atoms with van der Waals surface area (Å²) >= 11 is 0. The molecule has 5 aliphatic rings. The second kappa shape index (κ2) is 9.31. The second-order valence-corrected chi connectivity index (χ2v) is 13.2. The Bertz CT molecular complexity index is 1120.